The molecule has 1 atom stereocenters. The fourth-order valence-electron chi connectivity index (χ4n) is 1.93. The Balaban J connectivity index is 1.83. The number of carbonyl (C=O) groups is 1. The molecule has 0 amide bonds. The summed E-state index contributed by atoms with van der Waals surface area (Å²) in [6.07, 6.45) is 3.19. The molecular weight excluding hydrogens is 240 g/mol. The van der Waals surface area contributed by atoms with Crippen LogP contribution in [0.5, 0.6) is 5.06 Å². The summed E-state index contributed by atoms with van der Waals surface area (Å²) in [7, 11) is 0. The van der Waals surface area contributed by atoms with Crippen LogP contribution in [0.4, 0.5) is 0 Å². The number of carbonyl (C=O) groups excluding carboxylic acids is 1. The van der Waals surface area contributed by atoms with Crippen molar-refractivity contribution in [1.82, 2.24) is 9.97 Å². The molecule has 1 fully saturated rings. The van der Waals surface area contributed by atoms with Gasteiger partial charge in [0.2, 0.25) is 5.06 Å². The second-order valence-corrected chi connectivity index (χ2v) is 5.10. The van der Waals surface area contributed by atoms with E-state index in [-0.39, 0.29) is 5.97 Å². The van der Waals surface area contributed by atoms with E-state index in [2.05, 4.69) is 9.97 Å². The molecule has 1 N–H and O–H groups in total. The Morgan fingerprint density at radius 3 is 3.35 bits per heavy atom. The van der Waals surface area contributed by atoms with E-state index in [4.69, 9.17) is 9.47 Å². The number of ether oxygens (including phenoxy) is 2. The van der Waals surface area contributed by atoms with Crippen LogP contribution in [0.15, 0.2) is 11.7 Å². The van der Waals surface area contributed by atoms with Crippen molar-refractivity contribution in [3.63, 3.8) is 0 Å². The number of aromatic nitrogens is 2. The molecule has 2 aromatic rings. The lowest BCUT2D eigenvalue weighted by atomic mass is 10.0. The van der Waals surface area contributed by atoms with Gasteiger partial charge >= 0.3 is 5.97 Å². The van der Waals surface area contributed by atoms with E-state index in [1.807, 2.05) is 5.38 Å². The molecule has 2 aromatic heterocycles. The average molecular weight is 252 g/mol. The van der Waals surface area contributed by atoms with E-state index in [0.29, 0.717) is 23.6 Å². The average Bonchev–Trinajstić information content (AvgIpc) is 2.97. The highest BCUT2D eigenvalue weighted by Crippen LogP contribution is 2.33. The van der Waals surface area contributed by atoms with Crippen molar-refractivity contribution in [3.8, 4) is 5.06 Å². The van der Waals surface area contributed by atoms with Gasteiger partial charge in [-0.15, -0.1) is 11.3 Å². The molecule has 5 nitrogen and oxygen atoms in total. The van der Waals surface area contributed by atoms with Gasteiger partial charge in [-0.25, -0.2) is 9.78 Å². The van der Waals surface area contributed by atoms with Crippen molar-refractivity contribution >= 4 is 28.3 Å². The zero-order valence-electron chi connectivity index (χ0n) is 9.36. The molecule has 1 saturated heterocycles. The molecule has 6 heteroatoms. The number of rotatable bonds is 2. The quantitative estimate of drug-likeness (QED) is 0.831. The van der Waals surface area contributed by atoms with Crippen LogP contribution >= 0.6 is 11.3 Å². The smallest absolute Gasteiger partial charge is 0.344 e. The van der Waals surface area contributed by atoms with E-state index in [0.717, 1.165) is 11.9 Å². The third kappa shape index (κ3) is 1.73. The number of H-pyrrole nitrogens is 1. The number of hydrogen-bond acceptors (Lipinski definition) is 5. The lowest BCUT2D eigenvalue weighted by molar-refractivity contribution is -0.154. The van der Waals surface area contributed by atoms with Crippen molar-refractivity contribution in [2.75, 3.05) is 6.61 Å². The highest BCUT2D eigenvalue weighted by molar-refractivity contribution is 7.13. The Labute approximate surface area is 102 Å². The first-order chi connectivity index (χ1) is 8.19. The van der Waals surface area contributed by atoms with Crippen molar-refractivity contribution in [2.45, 2.75) is 25.4 Å². The Bertz CT molecular complexity index is 554. The standard InChI is InChI=1S/C11H12N2O3S/c1-11(3-2-4-15-11)10(14)16-9-8-7(5-17-9)12-6-13-8/h5-6H,2-4H2,1H3,(H,12,13). The van der Waals surface area contributed by atoms with Gasteiger partial charge < -0.3 is 14.5 Å². The van der Waals surface area contributed by atoms with Gasteiger partial charge in [0.1, 0.15) is 5.52 Å². The molecule has 1 unspecified atom stereocenters. The molecule has 90 valence electrons. The van der Waals surface area contributed by atoms with Gasteiger partial charge in [-0.05, 0) is 19.8 Å². The van der Waals surface area contributed by atoms with Gasteiger partial charge in [-0.2, -0.15) is 0 Å². The molecule has 0 aliphatic carbocycles. The minimum absolute atomic E-state index is 0.332. The van der Waals surface area contributed by atoms with E-state index < -0.39 is 5.60 Å². The zero-order valence-corrected chi connectivity index (χ0v) is 10.2. The summed E-state index contributed by atoms with van der Waals surface area (Å²) in [6, 6.07) is 0. The Kier molecular flexibility index (Phi) is 2.41. The van der Waals surface area contributed by atoms with Crippen LogP contribution in [-0.4, -0.2) is 28.1 Å². The van der Waals surface area contributed by atoms with Gasteiger partial charge in [-0.3, -0.25) is 0 Å². The highest BCUT2D eigenvalue weighted by Gasteiger charge is 2.40. The number of nitrogens with zero attached hydrogens (tertiary/aromatic N) is 1. The number of esters is 1. The van der Waals surface area contributed by atoms with Crippen molar-refractivity contribution in [2.24, 2.45) is 0 Å². The Hall–Kier alpha value is -1.40. The minimum Gasteiger partial charge on any atom is -0.411 e. The maximum atomic E-state index is 12.0. The lowest BCUT2D eigenvalue weighted by Gasteiger charge is -2.19. The fourth-order valence-corrected chi connectivity index (χ4v) is 2.73. The SMILES string of the molecule is CC1(C(=O)Oc2scc3[nH]cnc23)CCCO1. The molecule has 1 aliphatic heterocycles. The predicted molar refractivity (Wildman–Crippen MR) is 63.2 cm³/mol. The Morgan fingerprint density at radius 1 is 1.71 bits per heavy atom. The first-order valence-corrected chi connectivity index (χ1v) is 6.34. The van der Waals surface area contributed by atoms with Crippen LogP contribution in [-0.2, 0) is 9.53 Å². The van der Waals surface area contributed by atoms with Gasteiger partial charge in [-0.1, -0.05) is 0 Å². The van der Waals surface area contributed by atoms with Crippen molar-refractivity contribution in [1.29, 1.82) is 0 Å². The van der Waals surface area contributed by atoms with E-state index >= 15 is 0 Å². The Morgan fingerprint density at radius 2 is 2.59 bits per heavy atom. The molecule has 1 aliphatic rings. The van der Waals surface area contributed by atoms with Gasteiger partial charge in [0.25, 0.3) is 0 Å². The molecule has 0 spiro atoms. The van der Waals surface area contributed by atoms with Gasteiger partial charge in [0.15, 0.2) is 5.60 Å². The third-order valence-electron chi connectivity index (χ3n) is 2.98. The minimum atomic E-state index is -0.799. The fraction of sp³-hybridized carbons (Fsp3) is 0.455. The van der Waals surface area contributed by atoms with Crippen molar-refractivity contribution < 1.29 is 14.3 Å². The largest absolute Gasteiger partial charge is 0.411 e. The summed E-state index contributed by atoms with van der Waals surface area (Å²) >= 11 is 1.36. The van der Waals surface area contributed by atoms with E-state index in [1.54, 1.807) is 13.3 Å². The lowest BCUT2D eigenvalue weighted by Crippen LogP contribution is -2.37. The summed E-state index contributed by atoms with van der Waals surface area (Å²) < 4.78 is 10.8. The van der Waals surface area contributed by atoms with Crippen LogP contribution in [0.1, 0.15) is 19.8 Å². The van der Waals surface area contributed by atoms with Crippen LogP contribution < -0.4 is 4.74 Å². The predicted octanol–water partition coefficient (Wildman–Crippen LogP) is 2.10. The maximum Gasteiger partial charge on any atom is 0.344 e. The normalized spacial score (nSPS) is 24.3. The maximum absolute atomic E-state index is 12.0. The van der Waals surface area contributed by atoms with Crippen LogP contribution in [0.3, 0.4) is 0 Å². The van der Waals surface area contributed by atoms with E-state index in [9.17, 15) is 4.79 Å². The summed E-state index contributed by atoms with van der Waals surface area (Å²) in [6.45, 7) is 2.39. The van der Waals surface area contributed by atoms with Crippen LogP contribution in [0.25, 0.3) is 11.0 Å². The second kappa shape index (κ2) is 3.82. The molecule has 0 bridgehead atoms. The number of nitrogens with one attached hydrogen (secondary N) is 1. The molecule has 0 aromatic carbocycles. The van der Waals surface area contributed by atoms with Crippen LogP contribution in [0.2, 0.25) is 0 Å². The molecule has 17 heavy (non-hydrogen) atoms. The summed E-state index contributed by atoms with van der Waals surface area (Å²) in [4.78, 5) is 19.1. The number of aromatic amines is 1. The van der Waals surface area contributed by atoms with E-state index in [1.165, 1.54) is 11.3 Å². The first kappa shape index (κ1) is 10.7. The van der Waals surface area contributed by atoms with Crippen LogP contribution in [0, 0.1) is 0 Å². The number of imidazole rings is 1. The van der Waals surface area contributed by atoms with Crippen molar-refractivity contribution in [3.05, 3.63) is 11.7 Å². The number of fused-ring (bicyclic) bond motifs is 1. The van der Waals surface area contributed by atoms with Gasteiger partial charge in [0.05, 0.1) is 11.8 Å². The molecular formula is C11H12N2O3S. The topological polar surface area (TPSA) is 64.2 Å². The molecule has 3 rings (SSSR count). The first-order valence-electron chi connectivity index (χ1n) is 5.46. The highest BCUT2D eigenvalue weighted by atomic mass is 32.1. The summed E-state index contributed by atoms with van der Waals surface area (Å²) in [5.74, 6) is -0.332. The number of thiophene rings is 1. The molecule has 3 heterocycles. The zero-order chi connectivity index (χ0) is 11.9. The monoisotopic (exact) mass is 252 g/mol. The van der Waals surface area contributed by atoms with Gasteiger partial charge in [0, 0.05) is 12.0 Å². The second-order valence-electron chi connectivity index (χ2n) is 4.26. The third-order valence-corrected chi connectivity index (χ3v) is 3.83. The summed E-state index contributed by atoms with van der Waals surface area (Å²) in [5.41, 5.74) is 0.785. The molecule has 0 saturated carbocycles. The number of hydrogen-bond donors (Lipinski definition) is 1. The summed E-state index contributed by atoms with van der Waals surface area (Å²) in [5, 5.41) is 2.41. The molecule has 0 radical (unpaired) electrons.